The molecule has 0 aliphatic carbocycles. The summed E-state index contributed by atoms with van der Waals surface area (Å²) in [7, 11) is 0. The Bertz CT molecular complexity index is 160. The Labute approximate surface area is 44.8 Å². The highest BCUT2D eigenvalue weighted by Crippen LogP contribution is 1.71. The summed E-state index contributed by atoms with van der Waals surface area (Å²) >= 11 is 0. The molecule has 0 unspecified atom stereocenters. The number of hydrogen-bond acceptors (Lipinski definition) is 0. The molecule has 6 heavy (non-hydrogen) atoms. The summed E-state index contributed by atoms with van der Waals surface area (Å²) in [6.45, 7) is 2.86. The minimum atomic E-state index is -0.174. The zero-order valence-electron chi connectivity index (χ0n) is 8.00. The molecule has 0 fully saturated rings. The van der Waals surface area contributed by atoms with Crippen LogP contribution in [0.15, 0.2) is 24.2 Å². The van der Waals surface area contributed by atoms with Gasteiger partial charge in [0.15, 0.2) is 0 Å². The molecule has 0 heterocycles. The Morgan fingerprint density at radius 2 is 1.50 bits per heavy atom. The molecule has 0 radical (unpaired) electrons. The van der Waals surface area contributed by atoms with Gasteiger partial charge in [0.2, 0.25) is 0 Å². The maximum Gasteiger partial charge on any atom is 0.0619 e. The van der Waals surface area contributed by atoms with E-state index < -0.39 is 0 Å². The molecular formula is C6H10. The van der Waals surface area contributed by atoms with Crippen molar-refractivity contribution in [2.75, 3.05) is 0 Å². The van der Waals surface area contributed by atoms with Gasteiger partial charge in [-0.25, -0.2) is 0 Å². The van der Waals surface area contributed by atoms with Crippen LogP contribution >= 0.6 is 0 Å². The third-order valence-electron chi connectivity index (χ3n) is 0.312. The van der Waals surface area contributed by atoms with E-state index in [-0.39, 0.29) is 24.2 Å². The summed E-state index contributed by atoms with van der Waals surface area (Å²) in [5.74, 6) is 0. The Morgan fingerprint density at radius 3 is 1.67 bits per heavy atom. The lowest BCUT2D eigenvalue weighted by Gasteiger charge is -1.62. The first-order chi connectivity index (χ1) is 4.46. The van der Waals surface area contributed by atoms with E-state index in [0.717, 1.165) is 0 Å². The average molecular weight is 90.2 g/mol. The van der Waals surface area contributed by atoms with Crippen LogP contribution in [0.1, 0.15) is 19.3 Å². The maximum atomic E-state index is 7.09. The van der Waals surface area contributed by atoms with Gasteiger partial charge in [0, 0.05) is 0 Å². The Kier molecular flexibility index (Phi) is 1.14. The second-order valence-electron chi connectivity index (χ2n) is 0.750. The molecule has 0 saturated heterocycles. The van der Waals surface area contributed by atoms with Gasteiger partial charge in [0.05, 0.1) is 5.48 Å². The molecule has 0 N–H and O–H groups in total. The van der Waals surface area contributed by atoms with Crippen molar-refractivity contribution < 1.29 is 5.48 Å². The smallest absolute Gasteiger partial charge is 0.0619 e. The van der Waals surface area contributed by atoms with Crippen molar-refractivity contribution in [1.29, 1.82) is 0 Å². The standard InChI is InChI=1S/C6H10/c1-3-5-6-4-2/h3-6H,1-2H3/b5-3-,6-4-/i3T,4T,5T,6T. The summed E-state index contributed by atoms with van der Waals surface area (Å²) in [5.41, 5.74) is 0. The number of rotatable bonds is 1. The van der Waals surface area contributed by atoms with E-state index in [1.165, 1.54) is 13.8 Å². The molecule has 0 heteroatoms. The second kappa shape index (κ2) is 4.48. The van der Waals surface area contributed by atoms with Crippen LogP contribution in [-0.2, 0) is 0 Å². The maximum absolute atomic E-state index is 7.09. The topological polar surface area (TPSA) is 0 Å². The summed E-state index contributed by atoms with van der Waals surface area (Å²) < 4.78 is 28.1. The zero-order chi connectivity index (χ0) is 8.31. The van der Waals surface area contributed by atoms with Crippen LogP contribution in [0, 0.1) is 0 Å². The number of hydrogen-bond donors (Lipinski definition) is 0. The van der Waals surface area contributed by atoms with Crippen molar-refractivity contribution in [3.8, 4) is 0 Å². The molecule has 0 nitrogen and oxygen atoms in total. The molecule has 0 rings (SSSR count). The highest BCUT2D eigenvalue weighted by molar-refractivity contribution is 4.98. The largest absolute Gasteiger partial charge is 0.0877 e. The summed E-state index contributed by atoms with van der Waals surface area (Å²) in [4.78, 5) is 0. The van der Waals surface area contributed by atoms with Gasteiger partial charge in [0.25, 0.3) is 0 Å². The molecule has 0 atom stereocenters. The van der Waals surface area contributed by atoms with Crippen LogP contribution < -0.4 is 0 Å². The Balaban J connectivity index is 4.71. The highest BCUT2D eigenvalue weighted by Gasteiger charge is 1.48. The van der Waals surface area contributed by atoms with E-state index in [2.05, 4.69) is 0 Å². The fraction of sp³-hybridized carbons (Fsp3) is 0.333. The zero-order valence-corrected chi connectivity index (χ0v) is 4.00. The van der Waals surface area contributed by atoms with Crippen molar-refractivity contribution >= 4 is 0 Å². The Hall–Kier alpha value is -0.520. The molecule has 0 aromatic carbocycles. The summed E-state index contributed by atoms with van der Waals surface area (Å²) in [6.07, 6.45) is 0. The van der Waals surface area contributed by atoms with Gasteiger partial charge in [-0.3, -0.25) is 0 Å². The van der Waals surface area contributed by atoms with Gasteiger partial charge in [0.1, 0.15) is 0 Å². The van der Waals surface area contributed by atoms with Gasteiger partial charge >= 0.3 is 0 Å². The molecule has 0 spiro atoms. The van der Waals surface area contributed by atoms with Crippen molar-refractivity contribution in [1.82, 2.24) is 0 Å². The molecule has 0 aliphatic rings. The average Bonchev–Trinajstić information content (AvgIpc) is 1.84. The van der Waals surface area contributed by atoms with Gasteiger partial charge in [-0.2, -0.15) is 0 Å². The Morgan fingerprint density at radius 1 is 1.17 bits per heavy atom. The fourth-order valence-electron chi connectivity index (χ4n) is 0.125. The van der Waals surface area contributed by atoms with Crippen molar-refractivity contribution in [3.05, 3.63) is 24.2 Å². The molecular weight excluding hydrogens is 72.1 g/mol. The monoisotopic (exact) mass is 90.1 g/mol. The minimum Gasteiger partial charge on any atom is -0.0877 e. The summed E-state index contributed by atoms with van der Waals surface area (Å²) in [5, 5.41) is 0. The normalized spacial score (nSPS) is 27.7. The van der Waals surface area contributed by atoms with Gasteiger partial charge in [-0.05, 0) is 13.8 Å². The SMILES string of the molecule is [3H]/C(C)=C([3H])/C([3H])=C(/[3H])C. The molecule has 0 aromatic rings. The van der Waals surface area contributed by atoms with E-state index in [1.54, 1.807) is 0 Å². The van der Waals surface area contributed by atoms with Crippen LogP contribution in [0.2, 0.25) is 0 Å². The predicted molar refractivity (Wildman–Crippen MR) is 29.6 cm³/mol. The molecule has 0 aliphatic heterocycles. The molecule has 34 valence electrons. The lowest BCUT2D eigenvalue weighted by atomic mass is 10.5. The second-order valence-corrected chi connectivity index (χ2v) is 0.750. The van der Waals surface area contributed by atoms with Crippen molar-refractivity contribution in [2.24, 2.45) is 0 Å². The van der Waals surface area contributed by atoms with Gasteiger partial charge in [-0.15, -0.1) is 0 Å². The summed E-state index contributed by atoms with van der Waals surface area (Å²) in [6, 6.07) is -0.298. The van der Waals surface area contributed by atoms with Crippen molar-refractivity contribution in [2.45, 2.75) is 13.8 Å². The van der Waals surface area contributed by atoms with Gasteiger partial charge < -0.3 is 0 Å². The molecule has 0 saturated carbocycles. The van der Waals surface area contributed by atoms with Crippen LogP contribution in [0.25, 0.3) is 0 Å². The first-order valence-electron chi connectivity index (χ1n) is 3.75. The van der Waals surface area contributed by atoms with Crippen LogP contribution in [-0.4, -0.2) is 0 Å². The van der Waals surface area contributed by atoms with Crippen LogP contribution in [0.5, 0.6) is 0 Å². The van der Waals surface area contributed by atoms with Crippen LogP contribution in [0.4, 0.5) is 0 Å². The van der Waals surface area contributed by atoms with E-state index in [9.17, 15) is 0 Å². The quantitative estimate of drug-likeness (QED) is 0.433. The van der Waals surface area contributed by atoms with Crippen molar-refractivity contribution in [3.63, 3.8) is 0 Å². The van der Waals surface area contributed by atoms with Crippen LogP contribution in [0.3, 0.4) is 0 Å². The minimum absolute atomic E-state index is 0.0246. The lowest BCUT2D eigenvalue weighted by Crippen LogP contribution is -1.40. The van der Waals surface area contributed by atoms with E-state index in [4.69, 9.17) is 5.48 Å². The number of allylic oxidation sites excluding steroid dienone is 4. The van der Waals surface area contributed by atoms with E-state index >= 15 is 0 Å². The molecule has 0 aromatic heterocycles. The van der Waals surface area contributed by atoms with Gasteiger partial charge in [-0.1, -0.05) is 24.2 Å². The lowest BCUT2D eigenvalue weighted by molar-refractivity contribution is 1.69. The third kappa shape index (κ3) is 3.48. The highest BCUT2D eigenvalue weighted by atomic mass is 13.6. The predicted octanol–water partition coefficient (Wildman–Crippen LogP) is 2.14. The first-order valence-corrected chi connectivity index (χ1v) is 1.75. The molecule has 0 bridgehead atoms. The third-order valence-corrected chi connectivity index (χ3v) is 0.312. The first kappa shape index (κ1) is 1.53. The fourth-order valence-corrected chi connectivity index (χ4v) is 0.125. The molecule has 0 amide bonds. The van der Waals surface area contributed by atoms with E-state index in [0.29, 0.717) is 0 Å². The van der Waals surface area contributed by atoms with E-state index in [1.807, 2.05) is 0 Å².